The molecule has 1 aliphatic heterocycles. The van der Waals surface area contributed by atoms with Gasteiger partial charge in [0.15, 0.2) is 17.3 Å². The third-order valence-corrected chi connectivity index (χ3v) is 3.46. The third kappa shape index (κ3) is 3.12. The van der Waals surface area contributed by atoms with Gasteiger partial charge in [-0.2, -0.15) is 0 Å². The van der Waals surface area contributed by atoms with Crippen molar-refractivity contribution < 1.29 is 23.5 Å². The molecule has 0 aromatic heterocycles. The first kappa shape index (κ1) is 15.7. The van der Waals surface area contributed by atoms with Crippen LogP contribution in [0.25, 0.3) is 0 Å². The normalized spacial score (nSPS) is 12.4. The van der Waals surface area contributed by atoms with E-state index in [9.17, 15) is 14.0 Å². The molecule has 2 aromatic rings. The maximum atomic E-state index is 13.4. The number of nitrogens with one attached hydrogen (secondary N) is 1. The number of rotatable bonds is 4. The molecule has 1 aliphatic rings. The summed E-state index contributed by atoms with van der Waals surface area (Å²) in [5, 5.41) is 2.57. The molecule has 0 saturated carbocycles. The molecule has 0 unspecified atom stereocenters. The summed E-state index contributed by atoms with van der Waals surface area (Å²) in [6.07, 6.45) is 1.09. The highest BCUT2D eigenvalue weighted by molar-refractivity contribution is 6.15. The van der Waals surface area contributed by atoms with E-state index < -0.39 is 17.5 Å². The highest BCUT2D eigenvalue weighted by Gasteiger charge is 2.21. The van der Waals surface area contributed by atoms with Crippen LogP contribution in [0.15, 0.2) is 49.1 Å². The van der Waals surface area contributed by atoms with Gasteiger partial charge in [-0.15, -0.1) is 0 Å². The number of benzene rings is 2. The van der Waals surface area contributed by atoms with E-state index in [0.717, 1.165) is 12.1 Å². The van der Waals surface area contributed by atoms with Crippen molar-refractivity contribution in [3.63, 3.8) is 0 Å². The number of hydrogen-bond acceptors (Lipinski definition) is 4. The van der Waals surface area contributed by atoms with Crippen LogP contribution in [0.5, 0.6) is 11.5 Å². The van der Waals surface area contributed by atoms with Crippen molar-refractivity contribution in [3.8, 4) is 11.5 Å². The number of carbonyl (C=O) groups is 2. The van der Waals surface area contributed by atoms with Gasteiger partial charge in [-0.25, -0.2) is 4.39 Å². The monoisotopic (exact) mass is 327 g/mol. The molecule has 0 radical (unpaired) electrons. The Bertz CT molecular complexity index is 832. The van der Waals surface area contributed by atoms with Gasteiger partial charge in [-0.3, -0.25) is 9.59 Å². The zero-order chi connectivity index (χ0) is 17.1. The summed E-state index contributed by atoms with van der Waals surface area (Å²) in [5.74, 6) is -0.602. The molecule has 1 amide bonds. The van der Waals surface area contributed by atoms with Crippen molar-refractivity contribution >= 4 is 17.4 Å². The van der Waals surface area contributed by atoms with Gasteiger partial charge in [0.2, 0.25) is 5.91 Å². The van der Waals surface area contributed by atoms with Gasteiger partial charge in [-0.05, 0) is 24.3 Å². The minimum Gasteiger partial charge on any atom is -0.486 e. The third-order valence-electron chi connectivity index (χ3n) is 3.46. The lowest BCUT2D eigenvalue weighted by Crippen LogP contribution is -2.18. The summed E-state index contributed by atoms with van der Waals surface area (Å²) >= 11 is 0. The zero-order valence-corrected chi connectivity index (χ0v) is 12.7. The topological polar surface area (TPSA) is 64.6 Å². The van der Waals surface area contributed by atoms with Crippen molar-refractivity contribution in [2.45, 2.75) is 0 Å². The molecule has 0 saturated heterocycles. The number of ether oxygens (including phenoxy) is 2. The summed E-state index contributed by atoms with van der Waals surface area (Å²) in [5.41, 5.74) is 0.597. The van der Waals surface area contributed by atoms with Gasteiger partial charge in [-0.1, -0.05) is 18.7 Å². The van der Waals surface area contributed by atoms with Gasteiger partial charge >= 0.3 is 0 Å². The molecule has 0 spiro atoms. The van der Waals surface area contributed by atoms with Gasteiger partial charge in [0.1, 0.15) is 19.0 Å². The Kier molecular flexibility index (Phi) is 4.29. The van der Waals surface area contributed by atoms with Crippen LogP contribution in [0, 0.1) is 5.82 Å². The molecule has 2 aromatic carbocycles. The van der Waals surface area contributed by atoms with Crippen LogP contribution in [0.3, 0.4) is 0 Å². The van der Waals surface area contributed by atoms with Crippen molar-refractivity contribution in [1.29, 1.82) is 0 Å². The molecule has 122 valence electrons. The van der Waals surface area contributed by atoms with Crippen LogP contribution in [-0.4, -0.2) is 24.9 Å². The van der Waals surface area contributed by atoms with Crippen molar-refractivity contribution in [2.24, 2.45) is 0 Å². The molecule has 0 atom stereocenters. The summed E-state index contributed by atoms with van der Waals surface area (Å²) in [6.45, 7) is 4.12. The van der Waals surface area contributed by atoms with E-state index in [1.165, 1.54) is 30.3 Å². The maximum absolute atomic E-state index is 13.4. The Morgan fingerprint density at radius 3 is 2.50 bits per heavy atom. The van der Waals surface area contributed by atoms with Crippen molar-refractivity contribution in [2.75, 3.05) is 18.5 Å². The first-order valence-electron chi connectivity index (χ1n) is 7.26. The van der Waals surface area contributed by atoms with Crippen molar-refractivity contribution in [1.82, 2.24) is 0 Å². The predicted octanol–water partition coefficient (Wildman–Crippen LogP) is 2.95. The Morgan fingerprint density at radius 1 is 1.12 bits per heavy atom. The molecule has 6 heteroatoms. The van der Waals surface area contributed by atoms with E-state index in [2.05, 4.69) is 11.9 Å². The quantitative estimate of drug-likeness (QED) is 0.693. The first-order chi connectivity index (χ1) is 11.6. The second-order valence-electron chi connectivity index (χ2n) is 5.07. The highest BCUT2D eigenvalue weighted by atomic mass is 19.1. The van der Waals surface area contributed by atoms with Crippen LogP contribution in [0.1, 0.15) is 15.9 Å². The SMILES string of the molecule is C=CC(=O)Nc1cc2c(cc1C(=O)c1cccc(F)c1)OCCO2. The van der Waals surface area contributed by atoms with Crippen LogP contribution in [0.4, 0.5) is 10.1 Å². The molecule has 0 aliphatic carbocycles. The summed E-state index contributed by atoms with van der Waals surface area (Å²) < 4.78 is 24.3. The molecule has 5 nitrogen and oxygen atoms in total. The molecule has 0 bridgehead atoms. The number of carbonyl (C=O) groups excluding carboxylic acids is 2. The van der Waals surface area contributed by atoms with Gasteiger partial charge in [0, 0.05) is 11.6 Å². The molecule has 24 heavy (non-hydrogen) atoms. The number of amides is 1. The summed E-state index contributed by atoms with van der Waals surface area (Å²) in [6, 6.07) is 8.34. The molecule has 1 heterocycles. The Morgan fingerprint density at radius 2 is 1.83 bits per heavy atom. The number of fused-ring (bicyclic) bond motifs is 1. The van der Waals surface area contributed by atoms with Gasteiger partial charge < -0.3 is 14.8 Å². The minimum absolute atomic E-state index is 0.167. The lowest BCUT2D eigenvalue weighted by molar-refractivity contribution is -0.111. The smallest absolute Gasteiger partial charge is 0.247 e. The van der Waals surface area contributed by atoms with E-state index in [0.29, 0.717) is 24.7 Å². The average molecular weight is 327 g/mol. The second-order valence-corrected chi connectivity index (χ2v) is 5.07. The van der Waals surface area contributed by atoms with E-state index >= 15 is 0 Å². The molecular weight excluding hydrogens is 313 g/mol. The summed E-state index contributed by atoms with van der Waals surface area (Å²) in [4.78, 5) is 24.4. The average Bonchev–Trinajstić information content (AvgIpc) is 2.60. The van der Waals surface area contributed by atoms with Crippen LogP contribution >= 0.6 is 0 Å². The standard InChI is InChI=1S/C18H14FNO4/c1-2-17(21)20-14-10-16-15(23-6-7-24-16)9-13(14)18(22)11-4-3-5-12(19)8-11/h2-5,8-10H,1,6-7H2,(H,20,21). The minimum atomic E-state index is -0.518. The fraction of sp³-hybridized carbons (Fsp3) is 0.111. The molecular formula is C18H14FNO4. The maximum Gasteiger partial charge on any atom is 0.247 e. The van der Waals surface area contributed by atoms with E-state index in [1.807, 2.05) is 0 Å². The van der Waals surface area contributed by atoms with Gasteiger partial charge in [0.25, 0.3) is 0 Å². The lowest BCUT2D eigenvalue weighted by Gasteiger charge is -2.21. The van der Waals surface area contributed by atoms with Crippen LogP contribution in [-0.2, 0) is 4.79 Å². The van der Waals surface area contributed by atoms with Crippen molar-refractivity contribution in [3.05, 3.63) is 66.0 Å². The Balaban J connectivity index is 2.08. The number of anilines is 1. The fourth-order valence-electron chi connectivity index (χ4n) is 2.35. The summed E-state index contributed by atoms with van der Waals surface area (Å²) in [7, 11) is 0. The van der Waals surface area contributed by atoms with Crippen LogP contribution < -0.4 is 14.8 Å². The van der Waals surface area contributed by atoms with Crippen LogP contribution in [0.2, 0.25) is 0 Å². The molecule has 1 N–H and O–H groups in total. The van der Waals surface area contributed by atoms with Gasteiger partial charge in [0.05, 0.1) is 11.3 Å². The van der Waals surface area contributed by atoms with E-state index in [1.54, 1.807) is 0 Å². The first-order valence-corrected chi connectivity index (χ1v) is 7.26. The number of ketones is 1. The van der Waals surface area contributed by atoms with E-state index in [4.69, 9.17) is 9.47 Å². The zero-order valence-electron chi connectivity index (χ0n) is 12.7. The van der Waals surface area contributed by atoms with E-state index in [-0.39, 0.29) is 16.8 Å². The highest BCUT2D eigenvalue weighted by Crippen LogP contribution is 2.36. The largest absolute Gasteiger partial charge is 0.486 e. The number of halogens is 1. The Labute approximate surface area is 137 Å². The second kappa shape index (κ2) is 6.54. The molecule has 3 rings (SSSR count). The predicted molar refractivity (Wildman–Crippen MR) is 86.1 cm³/mol. The molecule has 0 fully saturated rings. The fourth-order valence-corrected chi connectivity index (χ4v) is 2.35. The Hall–Kier alpha value is -3.15. The lowest BCUT2D eigenvalue weighted by atomic mass is 10.0. The number of hydrogen-bond donors (Lipinski definition) is 1.